The van der Waals surface area contributed by atoms with E-state index in [0.717, 1.165) is 12.0 Å². The van der Waals surface area contributed by atoms with Crippen LogP contribution in [0.1, 0.15) is 29.3 Å². The molecule has 0 aliphatic carbocycles. The molecule has 16 heavy (non-hydrogen) atoms. The first-order valence-electron chi connectivity index (χ1n) is 5.30. The number of halogens is 1. The minimum absolute atomic E-state index is 0.103. The predicted octanol–water partition coefficient (Wildman–Crippen LogP) is 2.83. The molecule has 1 aromatic carbocycles. The third-order valence-electron chi connectivity index (χ3n) is 2.20. The molecule has 0 heterocycles. The lowest BCUT2D eigenvalue weighted by Crippen LogP contribution is -2.25. The predicted molar refractivity (Wildman–Crippen MR) is 62.9 cm³/mol. The second kappa shape index (κ2) is 6.05. The fourth-order valence-corrected chi connectivity index (χ4v) is 1.34. The van der Waals surface area contributed by atoms with E-state index in [1.165, 1.54) is 12.1 Å². The maximum absolute atomic E-state index is 13.4. The van der Waals surface area contributed by atoms with E-state index >= 15 is 0 Å². The Balaban J connectivity index is 2.59. The van der Waals surface area contributed by atoms with Gasteiger partial charge in [0.1, 0.15) is 5.82 Å². The van der Waals surface area contributed by atoms with Gasteiger partial charge in [0, 0.05) is 6.54 Å². The molecule has 0 aliphatic heterocycles. The van der Waals surface area contributed by atoms with Crippen molar-refractivity contribution in [2.24, 2.45) is 0 Å². The zero-order valence-corrected chi connectivity index (χ0v) is 9.59. The van der Waals surface area contributed by atoms with Gasteiger partial charge in [-0.05, 0) is 38.0 Å². The second-order valence-electron chi connectivity index (χ2n) is 3.60. The van der Waals surface area contributed by atoms with Crippen molar-refractivity contribution in [3.63, 3.8) is 0 Å². The van der Waals surface area contributed by atoms with Crippen LogP contribution in [0.3, 0.4) is 0 Å². The van der Waals surface area contributed by atoms with E-state index in [0.29, 0.717) is 6.54 Å². The molecule has 0 spiro atoms. The minimum atomic E-state index is -0.469. The molecule has 1 amide bonds. The Kier molecular flexibility index (Phi) is 4.70. The van der Waals surface area contributed by atoms with Gasteiger partial charge in [0.15, 0.2) is 0 Å². The van der Waals surface area contributed by atoms with Crippen molar-refractivity contribution in [1.29, 1.82) is 0 Å². The summed E-state index contributed by atoms with van der Waals surface area (Å²) < 4.78 is 13.4. The molecule has 1 aromatic rings. The normalized spacial score (nSPS) is 10.7. The summed E-state index contributed by atoms with van der Waals surface area (Å²) in [4.78, 5) is 11.6. The van der Waals surface area contributed by atoms with Gasteiger partial charge in [0.2, 0.25) is 0 Å². The quantitative estimate of drug-likeness (QED) is 0.614. The fourth-order valence-electron chi connectivity index (χ4n) is 1.34. The molecule has 3 heteroatoms. The molecule has 0 saturated heterocycles. The Labute approximate surface area is 95.2 Å². The summed E-state index contributed by atoms with van der Waals surface area (Å²) in [6.45, 7) is 4.23. The largest absolute Gasteiger partial charge is 0.352 e. The van der Waals surface area contributed by atoms with Crippen molar-refractivity contribution < 1.29 is 9.18 Å². The van der Waals surface area contributed by atoms with Crippen LogP contribution in [0, 0.1) is 12.7 Å². The van der Waals surface area contributed by atoms with Gasteiger partial charge in [-0.2, -0.15) is 0 Å². The summed E-state index contributed by atoms with van der Waals surface area (Å²) in [5.74, 6) is -0.828. The SMILES string of the molecule is C/C=C/CCNC(=O)c1ccc(C)cc1F. The van der Waals surface area contributed by atoms with Crippen molar-refractivity contribution in [2.45, 2.75) is 20.3 Å². The highest BCUT2D eigenvalue weighted by Crippen LogP contribution is 2.09. The molecule has 0 fully saturated rings. The van der Waals surface area contributed by atoms with Crippen molar-refractivity contribution in [3.8, 4) is 0 Å². The Morgan fingerprint density at radius 2 is 2.25 bits per heavy atom. The molecule has 0 radical (unpaired) electrons. The van der Waals surface area contributed by atoms with E-state index in [-0.39, 0.29) is 11.5 Å². The first-order valence-corrected chi connectivity index (χ1v) is 5.30. The van der Waals surface area contributed by atoms with E-state index < -0.39 is 5.82 Å². The Hall–Kier alpha value is -1.64. The Morgan fingerprint density at radius 3 is 2.88 bits per heavy atom. The summed E-state index contributed by atoms with van der Waals surface area (Å²) >= 11 is 0. The molecule has 86 valence electrons. The molecule has 1 N–H and O–H groups in total. The number of carbonyl (C=O) groups excluding carboxylic acids is 1. The van der Waals surface area contributed by atoms with Gasteiger partial charge < -0.3 is 5.32 Å². The highest BCUT2D eigenvalue weighted by molar-refractivity contribution is 5.94. The number of aryl methyl sites for hydroxylation is 1. The van der Waals surface area contributed by atoms with Crippen LogP contribution < -0.4 is 5.32 Å². The zero-order chi connectivity index (χ0) is 12.0. The van der Waals surface area contributed by atoms with Gasteiger partial charge in [0.25, 0.3) is 5.91 Å². The second-order valence-corrected chi connectivity index (χ2v) is 3.60. The lowest BCUT2D eigenvalue weighted by atomic mass is 10.1. The molecular weight excluding hydrogens is 205 g/mol. The fraction of sp³-hybridized carbons (Fsp3) is 0.308. The average molecular weight is 221 g/mol. The molecule has 0 aliphatic rings. The first kappa shape index (κ1) is 12.4. The maximum atomic E-state index is 13.4. The van der Waals surface area contributed by atoms with Crippen LogP contribution in [0.5, 0.6) is 0 Å². The minimum Gasteiger partial charge on any atom is -0.352 e. The molecule has 0 unspecified atom stereocenters. The number of amides is 1. The monoisotopic (exact) mass is 221 g/mol. The number of hydrogen-bond acceptors (Lipinski definition) is 1. The number of nitrogens with one attached hydrogen (secondary N) is 1. The van der Waals surface area contributed by atoms with Gasteiger partial charge in [-0.25, -0.2) is 4.39 Å². The van der Waals surface area contributed by atoms with Crippen LogP contribution >= 0.6 is 0 Å². The maximum Gasteiger partial charge on any atom is 0.254 e. The van der Waals surface area contributed by atoms with Crippen LogP contribution in [0.15, 0.2) is 30.4 Å². The van der Waals surface area contributed by atoms with Crippen molar-refractivity contribution in [2.75, 3.05) is 6.54 Å². The van der Waals surface area contributed by atoms with Crippen molar-refractivity contribution in [3.05, 3.63) is 47.3 Å². The third-order valence-corrected chi connectivity index (χ3v) is 2.20. The highest BCUT2D eigenvalue weighted by atomic mass is 19.1. The van der Waals surface area contributed by atoms with E-state index in [1.807, 2.05) is 19.1 Å². The highest BCUT2D eigenvalue weighted by Gasteiger charge is 2.10. The number of benzene rings is 1. The van der Waals surface area contributed by atoms with E-state index in [4.69, 9.17) is 0 Å². The van der Waals surface area contributed by atoms with Crippen LogP contribution in [0.2, 0.25) is 0 Å². The average Bonchev–Trinajstić information content (AvgIpc) is 2.24. The Morgan fingerprint density at radius 1 is 1.50 bits per heavy atom. The van der Waals surface area contributed by atoms with E-state index in [2.05, 4.69) is 5.32 Å². The summed E-state index contributed by atoms with van der Waals surface area (Å²) in [5.41, 5.74) is 0.911. The first-order chi connectivity index (χ1) is 7.65. The third kappa shape index (κ3) is 3.50. The summed E-state index contributed by atoms with van der Waals surface area (Å²) in [5, 5.41) is 2.66. The van der Waals surface area contributed by atoms with Gasteiger partial charge in [0.05, 0.1) is 5.56 Å². The number of rotatable bonds is 4. The van der Waals surface area contributed by atoms with Crippen molar-refractivity contribution in [1.82, 2.24) is 5.32 Å². The number of carbonyl (C=O) groups is 1. The standard InChI is InChI=1S/C13H16FNO/c1-3-4-5-8-15-13(16)11-7-6-10(2)9-12(11)14/h3-4,6-7,9H,5,8H2,1-2H3,(H,15,16)/b4-3+. The summed E-state index contributed by atoms with van der Waals surface area (Å²) in [6.07, 6.45) is 4.63. The molecule has 0 bridgehead atoms. The van der Waals surface area contributed by atoms with Crippen LogP contribution in [0.4, 0.5) is 4.39 Å². The zero-order valence-electron chi connectivity index (χ0n) is 9.59. The van der Waals surface area contributed by atoms with Gasteiger partial charge >= 0.3 is 0 Å². The smallest absolute Gasteiger partial charge is 0.254 e. The van der Waals surface area contributed by atoms with Gasteiger partial charge in [-0.1, -0.05) is 18.2 Å². The lowest BCUT2D eigenvalue weighted by molar-refractivity contribution is 0.0950. The van der Waals surface area contributed by atoms with Gasteiger partial charge in [-0.15, -0.1) is 0 Å². The summed E-state index contributed by atoms with van der Waals surface area (Å²) in [7, 11) is 0. The van der Waals surface area contributed by atoms with E-state index in [1.54, 1.807) is 13.0 Å². The molecule has 0 aromatic heterocycles. The lowest BCUT2D eigenvalue weighted by Gasteiger charge is -2.05. The number of hydrogen-bond donors (Lipinski definition) is 1. The Bertz CT molecular complexity index is 399. The number of allylic oxidation sites excluding steroid dienone is 1. The molecule has 2 nitrogen and oxygen atoms in total. The molecule has 1 rings (SSSR count). The molecule has 0 saturated carbocycles. The molecular formula is C13H16FNO. The van der Waals surface area contributed by atoms with Crippen LogP contribution in [-0.2, 0) is 0 Å². The van der Waals surface area contributed by atoms with Crippen molar-refractivity contribution >= 4 is 5.91 Å². The van der Waals surface area contributed by atoms with E-state index in [9.17, 15) is 9.18 Å². The van der Waals surface area contributed by atoms with Gasteiger partial charge in [-0.3, -0.25) is 4.79 Å². The van der Waals surface area contributed by atoms with Crippen LogP contribution in [0.25, 0.3) is 0 Å². The van der Waals surface area contributed by atoms with Crippen LogP contribution in [-0.4, -0.2) is 12.5 Å². The summed E-state index contributed by atoms with van der Waals surface area (Å²) in [6, 6.07) is 4.60. The topological polar surface area (TPSA) is 29.1 Å². The molecule has 0 atom stereocenters.